The highest BCUT2D eigenvalue weighted by molar-refractivity contribution is 5.97. The molecule has 1 N–H and O–H groups in total. The number of aryl methyl sites for hydroxylation is 1. The Morgan fingerprint density at radius 1 is 1.32 bits per heavy atom. The molecular formula is C15H23N3O. The summed E-state index contributed by atoms with van der Waals surface area (Å²) in [4.78, 5) is 16.6. The highest BCUT2D eigenvalue weighted by atomic mass is 16.2. The van der Waals surface area contributed by atoms with Gasteiger partial charge in [-0.3, -0.25) is 9.69 Å². The van der Waals surface area contributed by atoms with E-state index < -0.39 is 0 Å². The molecular weight excluding hydrogens is 238 g/mol. The van der Waals surface area contributed by atoms with Gasteiger partial charge in [-0.25, -0.2) is 0 Å². The van der Waals surface area contributed by atoms with Crippen LogP contribution >= 0.6 is 0 Å². The topological polar surface area (TPSA) is 35.6 Å². The number of likely N-dealkylation sites (N-methyl/N-ethyl adjacent to an activating group) is 1. The quantitative estimate of drug-likeness (QED) is 0.889. The fourth-order valence-electron chi connectivity index (χ4n) is 2.56. The van der Waals surface area contributed by atoms with Crippen LogP contribution in [0.25, 0.3) is 0 Å². The van der Waals surface area contributed by atoms with E-state index in [1.807, 2.05) is 45.2 Å². The average molecular weight is 261 g/mol. The van der Waals surface area contributed by atoms with Gasteiger partial charge in [0.2, 0.25) is 5.91 Å². The first-order valence-electron chi connectivity index (χ1n) is 6.89. The first-order chi connectivity index (χ1) is 9.11. The summed E-state index contributed by atoms with van der Waals surface area (Å²) in [6.07, 6.45) is 0. The van der Waals surface area contributed by atoms with Gasteiger partial charge in [0.15, 0.2) is 0 Å². The van der Waals surface area contributed by atoms with Gasteiger partial charge in [-0.05, 0) is 25.5 Å². The smallest absolute Gasteiger partial charge is 0.243 e. The molecule has 0 spiro atoms. The maximum absolute atomic E-state index is 12.6. The van der Waals surface area contributed by atoms with Crippen molar-refractivity contribution in [1.29, 1.82) is 0 Å². The number of amides is 1. The van der Waals surface area contributed by atoms with Crippen molar-refractivity contribution in [3.8, 4) is 0 Å². The molecule has 4 heteroatoms. The summed E-state index contributed by atoms with van der Waals surface area (Å²) in [5, 5.41) is 3.31. The van der Waals surface area contributed by atoms with Crippen molar-refractivity contribution in [3.63, 3.8) is 0 Å². The summed E-state index contributed by atoms with van der Waals surface area (Å²) in [5.74, 6) is 0.163. The van der Waals surface area contributed by atoms with Crippen LogP contribution in [0.1, 0.15) is 12.5 Å². The monoisotopic (exact) mass is 261 g/mol. The van der Waals surface area contributed by atoms with Gasteiger partial charge in [-0.15, -0.1) is 0 Å². The Kier molecular flexibility index (Phi) is 4.56. The predicted octanol–water partition coefficient (Wildman–Crippen LogP) is 1.25. The summed E-state index contributed by atoms with van der Waals surface area (Å²) < 4.78 is 0. The number of nitrogens with one attached hydrogen (secondary N) is 1. The van der Waals surface area contributed by atoms with Crippen molar-refractivity contribution < 1.29 is 4.79 Å². The predicted molar refractivity (Wildman–Crippen MR) is 78.5 cm³/mol. The highest BCUT2D eigenvalue weighted by Gasteiger charge is 2.26. The number of benzene rings is 1. The number of hydrogen-bond acceptors (Lipinski definition) is 3. The molecule has 2 rings (SSSR count). The van der Waals surface area contributed by atoms with Crippen molar-refractivity contribution >= 4 is 11.6 Å². The van der Waals surface area contributed by atoms with Crippen LogP contribution in [0.3, 0.4) is 0 Å². The third-order valence-electron chi connectivity index (χ3n) is 3.86. The number of carbonyl (C=O) groups is 1. The second-order valence-corrected chi connectivity index (χ2v) is 5.15. The van der Waals surface area contributed by atoms with E-state index in [2.05, 4.69) is 10.2 Å². The minimum absolute atomic E-state index is 0.0632. The molecule has 0 aromatic heterocycles. The first-order valence-corrected chi connectivity index (χ1v) is 6.89. The number of nitrogens with zero attached hydrogens (tertiary/aromatic N) is 2. The number of carbonyl (C=O) groups excluding carboxylic acids is 1. The summed E-state index contributed by atoms with van der Waals surface area (Å²) in [5.41, 5.74) is 2.13. The molecule has 1 aliphatic rings. The lowest BCUT2D eigenvalue weighted by atomic mass is 10.1. The van der Waals surface area contributed by atoms with Crippen LogP contribution in [0.15, 0.2) is 24.3 Å². The normalized spacial score (nSPS) is 18.1. The molecule has 0 radical (unpaired) electrons. The molecule has 1 heterocycles. The Bertz CT molecular complexity index is 441. The van der Waals surface area contributed by atoms with Crippen LogP contribution < -0.4 is 10.2 Å². The molecule has 104 valence electrons. The van der Waals surface area contributed by atoms with Crippen molar-refractivity contribution in [1.82, 2.24) is 10.2 Å². The molecule has 1 aromatic carbocycles. The highest BCUT2D eigenvalue weighted by Crippen LogP contribution is 2.19. The standard InChI is InChI=1S/C15H23N3O/c1-12-6-4-5-7-14(12)17(3)15(19)13(2)18-10-8-16-9-11-18/h4-7,13,16H,8-11H2,1-3H3. The lowest BCUT2D eigenvalue weighted by Crippen LogP contribution is -2.53. The molecule has 1 atom stereocenters. The van der Waals surface area contributed by atoms with Crippen molar-refractivity contribution in [3.05, 3.63) is 29.8 Å². The van der Waals surface area contributed by atoms with Gasteiger partial charge in [-0.2, -0.15) is 0 Å². The number of anilines is 1. The summed E-state index contributed by atoms with van der Waals surface area (Å²) in [7, 11) is 1.86. The molecule has 1 aliphatic heterocycles. The van der Waals surface area contributed by atoms with Crippen molar-refractivity contribution in [2.24, 2.45) is 0 Å². The fraction of sp³-hybridized carbons (Fsp3) is 0.533. The first kappa shape index (κ1) is 14.0. The van der Waals surface area contributed by atoms with E-state index in [4.69, 9.17) is 0 Å². The maximum Gasteiger partial charge on any atom is 0.243 e. The molecule has 1 fully saturated rings. The van der Waals surface area contributed by atoms with E-state index in [1.54, 1.807) is 4.90 Å². The average Bonchev–Trinajstić information content (AvgIpc) is 2.46. The fourth-order valence-corrected chi connectivity index (χ4v) is 2.56. The van der Waals surface area contributed by atoms with Gasteiger partial charge in [0, 0.05) is 38.9 Å². The van der Waals surface area contributed by atoms with Crippen LogP contribution in [0.4, 0.5) is 5.69 Å². The van der Waals surface area contributed by atoms with E-state index >= 15 is 0 Å². The lowest BCUT2D eigenvalue weighted by molar-refractivity contribution is -0.123. The number of para-hydroxylation sites is 1. The Morgan fingerprint density at radius 3 is 2.58 bits per heavy atom. The van der Waals surface area contributed by atoms with E-state index in [-0.39, 0.29) is 11.9 Å². The molecule has 1 aromatic rings. The molecule has 0 aliphatic carbocycles. The van der Waals surface area contributed by atoms with E-state index in [9.17, 15) is 4.79 Å². The zero-order valence-corrected chi connectivity index (χ0v) is 12.0. The van der Waals surface area contributed by atoms with Crippen LogP contribution in [-0.2, 0) is 4.79 Å². The Morgan fingerprint density at radius 2 is 1.95 bits per heavy atom. The minimum Gasteiger partial charge on any atom is -0.314 e. The van der Waals surface area contributed by atoms with Gasteiger partial charge < -0.3 is 10.2 Å². The van der Waals surface area contributed by atoms with Gasteiger partial charge in [0.25, 0.3) is 0 Å². The summed E-state index contributed by atoms with van der Waals surface area (Å²) in [6.45, 7) is 7.84. The number of hydrogen-bond donors (Lipinski definition) is 1. The van der Waals surface area contributed by atoms with Gasteiger partial charge in [-0.1, -0.05) is 18.2 Å². The van der Waals surface area contributed by atoms with Crippen LogP contribution in [0.2, 0.25) is 0 Å². The molecule has 4 nitrogen and oxygen atoms in total. The van der Waals surface area contributed by atoms with Crippen molar-refractivity contribution in [2.75, 3.05) is 38.1 Å². The summed E-state index contributed by atoms with van der Waals surface area (Å²) in [6, 6.07) is 7.94. The molecule has 0 saturated carbocycles. The Hall–Kier alpha value is -1.39. The van der Waals surface area contributed by atoms with Gasteiger partial charge in [0.1, 0.15) is 0 Å². The van der Waals surface area contributed by atoms with E-state index in [1.165, 1.54) is 0 Å². The van der Waals surface area contributed by atoms with E-state index in [0.717, 1.165) is 37.4 Å². The van der Waals surface area contributed by atoms with Crippen LogP contribution in [0.5, 0.6) is 0 Å². The SMILES string of the molecule is Cc1ccccc1N(C)C(=O)C(C)N1CCNCC1. The third-order valence-corrected chi connectivity index (χ3v) is 3.86. The largest absolute Gasteiger partial charge is 0.314 e. The number of piperazine rings is 1. The van der Waals surface area contributed by atoms with Gasteiger partial charge >= 0.3 is 0 Å². The molecule has 1 unspecified atom stereocenters. The van der Waals surface area contributed by atoms with E-state index in [0.29, 0.717) is 0 Å². The molecule has 19 heavy (non-hydrogen) atoms. The lowest BCUT2D eigenvalue weighted by Gasteiger charge is -2.34. The maximum atomic E-state index is 12.6. The second-order valence-electron chi connectivity index (χ2n) is 5.15. The number of rotatable bonds is 3. The zero-order chi connectivity index (χ0) is 13.8. The zero-order valence-electron chi connectivity index (χ0n) is 12.0. The molecule has 1 saturated heterocycles. The Labute approximate surface area is 115 Å². The minimum atomic E-state index is -0.0632. The molecule has 0 bridgehead atoms. The Balaban J connectivity index is 2.08. The van der Waals surface area contributed by atoms with Gasteiger partial charge in [0.05, 0.1) is 6.04 Å². The third kappa shape index (κ3) is 3.14. The molecule has 1 amide bonds. The van der Waals surface area contributed by atoms with Crippen molar-refractivity contribution in [2.45, 2.75) is 19.9 Å². The van der Waals surface area contributed by atoms with Crippen LogP contribution in [-0.4, -0.2) is 50.1 Å². The second kappa shape index (κ2) is 6.17. The summed E-state index contributed by atoms with van der Waals surface area (Å²) >= 11 is 0. The van der Waals surface area contributed by atoms with Crippen LogP contribution in [0, 0.1) is 6.92 Å².